The Morgan fingerprint density at radius 3 is 2.95 bits per heavy atom. The van der Waals surface area contributed by atoms with Gasteiger partial charge in [0.05, 0.1) is 11.1 Å². The van der Waals surface area contributed by atoms with Gasteiger partial charge >= 0.3 is 5.97 Å². The molecule has 2 N–H and O–H groups in total. The lowest BCUT2D eigenvalue weighted by atomic mass is 10.1. The van der Waals surface area contributed by atoms with Gasteiger partial charge in [-0.2, -0.15) is 0 Å². The number of aromatic amines is 1. The summed E-state index contributed by atoms with van der Waals surface area (Å²) in [5.74, 6) is 5.06. The Balaban J connectivity index is 1.99. The molecule has 20 heavy (non-hydrogen) atoms. The lowest BCUT2D eigenvalue weighted by molar-refractivity contribution is 0.0697. The molecule has 0 bridgehead atoms. The molecule has 2 aromatic heterocycles. The summed E-state index contributed by atoms with van der Waals surface area (Å²) in [6.45, 7) is 0. The van der Waals surface area contributed by atoms with Gasteiger partial charge in [-0.1, -0.05) is 17.9 Å². The van der Waals surface area contributed by atoms with Crippen molar-refractivity contribution in [3.8, 4) is 11.8 Å². The van der Waals surface area contributed by atoms with E-state index in [1.165, 1.54) is 0 Å². The molecule has 0 radical (unpaired) electrons. The topological polar surface area (TPSA) is 66.0 Å². The van der Waals surface area contributed by atoms with Crippen molar-refractivity contribution in [2.75, 3.05) is 0 Å². The summed E-state index contributed by atoms with van der Waals surface area (Å²) in [5.41, 5.74) is 2.53. The summed E-state index contributed by atoms with van der Waals surface area (Å²) in [7, 11) is 0. The van der Waals surface area contributed by atoms with E-state index in [0.29, 0.717) is 5.56 Å². The van der Waals surface area contributed by atoms with Crippen molar-refractivity contribution in [3.05, 3.63) is 65.5 Å². The second-order valence-electron chi connectivity index (χ2n) is 4.24. The largest absolute Gasteiger partial charge is 0.478 e. The van der Waals surface area contributed by atoms with Gasteiger partial charge in [-0.05, 0) is 30.3 Å². The van der Waals surface area contributed by atoms with Crippen molar-refractivity contribution in [2.45, 2.75) is 0 Å². The maximum Gasteiger partial charge on any atom is 0.335 e. The van der Waals surface area contributed by atoms with Gasteiger partial charge in [-0.15, -0.1) is 0 Å². The smallest absolute Gasteiger partial charge is 0.335 e. The second-order valence-corrected chi connectivity index (χ2v) is 4.24. The monoisotopic (exact) mass is 262 g/mol. The second kappa shape index (κ2) is 4.90. The average Bonchev–Trinajstić information content (AvgIpc) is 2.89. The fourth-order valence-electron chi connectivity index (χ4n) is 1.93. The molecule has 4 nitrogen and oxygen atoms in total. The van der Waals surface area contributed by atoms with Gasteiger partial charge in [0, 0.05) is 23.3 Å². The van der Waals surface area contributed by atoms with E-state index in [0.717, 1.165) is 16.6 Å². The van der Waals surface area contributed by atoms with Crippen LogP contribution >= 0.6 is 0 Å². The molecule has 0 aliphatic heterocycles. The Morgan fingerprint density at radius 1 is 1.20 bits per heavy atom. The van der Waals surface area contributed by atoms with Gasteiger partial charge < -0.3 is 10.1 Å². The van der Waals surface area contributed by atoms with Crippen LogP contribution in [0.3, 0.4) is 0 Å². The van der Waals surface area contributed by atoms with Gasteiger partial charge in [-0.25, -0.2) is 9.78 Å². The molecule has 3 rings (SSSR count). The maximum absolute atomic E-state index is 10.9. The minimum atomic E-state index is -0.954. The highest BCUT2D eigenvalue weighted by Gasteiger charge is 2.02. The van der Waals surface area contributed by atoms with Crippen molar-refractivity contribution in [2.24, 2.45) is 0 Å². The fraction of sp³-hybridized carbons (Fsp3) is 0. The lowest BCUT2D eigenvalue weighted by Crippen LogP contribution is -1.95. The first-order valence-corrected chi connectivity index (χ1v) is 6.01. The predicted molar refractivity (Wildman–Crippen MR) is 75.5 cm³/mol. The number of nitrogens with zero attached hydrogens (tertiary/aromatic N) is 1. The van der Waals surface area contributed by atoms with Crippen molar-refractivity contribution < 1.29 is 9.90 Å². The molecular weight excluding hydrogens is 252 g/mol. The maximum atomic E-state index is 10.9. The summed E-state index contributed by atoms with van der Waals surface area (Å²) in [4.78, 5) is 18.1. The number of rotatable bonds is 1. The molecule has 0 spiro atoms. The Hall–Kier alpha value is -3.06. The van der Waals surface area contributed by atoms with E-state index in [9.17, 15) is 4.79 Å². The van der Waals surface area contributed by atoms with Crippen molar-refractivity contribution in [3.63, 3.8) is 0 Å². The molecule has 3 aromatic rings. The number of pyridine rings is 1. The van der Waals surface area contributed by atoms with Gasteiger partial charge in [0.1, 0.15) is 5.65 Å². The minimum absolute atomic E-state index is 0.234. The zero-order valence-electron chi connectivity index (χ0n) is 10.4. The van der Waals surface area contributed by atoms with Gasteiger partial charge in [0.15, 0.2) is 0 Å². The van der Waals surface area contributed by atoms with E-state index in [4.69, 9.17) is 5.11 Å². The number of hydrogen-bond donors (Lipinski definition) is 2. The van der Waals surface area contributed by atoms with Crippen LogP contribution in [0.1, 0.15) is 21.5 Å². The molecular formula is C16H10N2O2. The number of benzene rings is 1. The molecule has 0 unspecified atom stereocenters. The summed E-state index contributed by atoms with van der Waals surface area (Å²) >= 11 is 0. The number of H-pyrrole nitrogens is 1. The lowest BCUT2D eigenvalue weighted by Gasteiger charge is -1.94. The Labute approximate surface area is 115 Å². The SMILES string of the molecule is O=C(O)c1cccc(C#Cc2c[nH]c3ncccc23)c1. The number of aromatic carboxylic acids is 1. The third kappa shape index (κ3) is 2.25. The first-order valence-electron chi connectivity index (χ1n) is 6.01. The van der Waals surface area contributed by atoms with Crippen LogP contribution in [0.15, 0.2) is 48.8 Å². The van der Waals surface area contributed by atoms with E-state index in [1.54, 1.807) is 36.7 Å². The number of carboxylic acid groups (broad SMARTS) is 1. The third-order valence-corrected chi connectivity index (χ3v) is 2.90. The first kappa shape index (κ1) is 12.0. The highest BCUT2D eigenvalue weighted by Crippen LogP contribution is 2.14. The van der Waals surface area contributed by atoms with E-state index in [1.807, 2.05) is 12.1 Å². The Bertz CT molecular complexity index is 853. The van der Waals surface area contributed by atoms with E-state index >= 15 is 0 Å². The number of nitrogens with one attached hydrogen (secondary N) is 1. The van der Waals surface area contributed by atoms with Crippen LogP contribution < -0.4 is 0 Å². The molecule has 4 heteroatoms. The zero-order valence-corrected chi connectivity index (χ0v) is 10.4. The quantitative estimate of drug-likeness (QED) is 0.662. The highest BCUT2D eigenvalue weighted by molar-refractivity contribution is 5.88. The number of fused-ring (bicyclic) bond motifs is 1. The third-order valence-electron chi connectivity index (χ3n) is 2.90. The van der Waals surface area contributed by atoms with Crippen LogP contribution in [0, 0.1) is 11.8 Å². The molecule has 0 saturated carbocycles. The molecule has 0 fully saturated rings. The molecule has 0 saturated heterocycles. The van der Waals surface area contributed by atoms with Crippen LogP contribution in [0.4, 0.5) is 0 Å². The first-order chi connectivity index (χ1) is 9.74. The van der Waals surface area contributed by atoms with Gasteiger partial charge in [-0.3, -0.25) is 0 Å². The molecule has 96 valence electrons. The molecule has 1 aromatic carbocycles. The highest BCUT2D eigenvalue weighted by atomic mass is 16.4. The number of hydrogen-bond acceptors (Lipinski definition) is 2. The number of carboxylic acids is 1. The van der Waals surface area contributed by atoms with Crippen LogP contribution in [0.2, 0.25) is 0 Å². The molecule has 2 heterocycles. The van der Waals surface area contributed by atoms with Crippen LogP contribution in [0.5, 0.6) is 0 Å². The molecule has 0 aliphatic carbocycles. The van der Waals surface area contributed by atoms with Crippen LogP contribution in [-0.4, -0.2) is 21.0 Å². The standard InChI is InChI=1S/C16H10N2O2/c19-16(20)12-4-1-3-11(9-12)6-7-13-10-18-15-14(13)5-2-8-17-15/h1-5,8-10H,(H,17,18)(H,19,20). The van der Waals surface area contributed by atoms with Crippen molar-refractivity contribution in [1.82, 2.24) is 9.97 Å². The van der Waals surface area contributed by atoms with Crippen molar-refractivity contribution >= 4 is 17.0 Å². The van der Waals surface area contributed by atoms with Crippen molar-refractivity contribution in [1.29, 1.82) is 0 Å². The minimum Gasteiger partial charge on any atom is -0.478 e. The number of aromatic nitrogens is 2. The predicted octanol–water partition coefficient (Wildman–Crippen LogP) is 2.66. The summed E-state index contributed by atoms with van der Waals surface area (Å²) in [6.07, 6.45) is 3.51. The Kier molecular flexibility index (Phi) is 2.94. The van der Waals surface area contributed by atoms with E-state index < -0.39 is 5.97 Å². The normalized spacial score (nSPS) is 10.0. The average molecular weight is 262 g/mol. The summed E-state index contributed by atoms with van der Waals surface area (Å²) in [5, 5.41) is 9.89. The van der Waals surface area contributed by atoms with E-state index in [-0.39, 0.29) is 5.56 Å². The molecule has 0 aliphatic rings. The summed E-state index contributed by atoms with van der Waals surface area (Å²) < 4.78 is 0. The summed E-state index contributed by atoms with van der Waals surface area (Å²) in [6, 6.07) is 10.4. The molecule has 0 amide bonds. The van der Waals surface area contributed by atoms with Gasteiger partial charge in [0.2, 0.25) is 0 Å². The zero-order chi connectivity index (χ0) is 13.9. The van der Waals surface area contributed by atoms with Gasteiger partial charge in [0.25, 0.3) is 0 Å². The van der Waals surface area contributed by atoms with Crippen LogP contribution in [-0.2, 0) is 0 Å². The van der Waals surface area contributed by atoms with Crippen LogP contribution in [0.25, 0.3) is 11.0 Å². The van der Waals surface area contributed by atoms with E-state index in [2.05, 4.69) is 21.8 Å². The number of carbonyl (C=O) groups is 1. The Morgan fingerprint density at radius 2 is 2.10 bits per heavy atom. The molecule has 0 atom stereocenters. The fourth-order valence-corrected chi connectivity index (χ4v) is 1.93.